The molecule has 0 fully saturated rings. The molecule has 1 aromatic carbocycles. The Morgan fingerprint density at radius 2 is 2.31 bits per heavy atom. The van der Waals surface area contributed by atoms with Crippen molar-refractivity contribution < 1.29 is 4.79 Å². The number of isocyanates is 1. The molecule has 0 bridgehead atoms. The fourth-order valence-corrected chi connectivity index (χ4v) is 1.06. The first-order chi connectivity index (χ1) is 6.33. The number of hydrogen-bond acceptors (Lipinski definition) is 2. The number of rotatable bonds is 1. The average Bonchev–Trinajstić information content (AvgIpc) is 2.13. The smallest absolute Gasteiger partial charge is 0.210 e. The molecule has 0 heterocycles. The second kappa shape index (κ2) is 5.16. The topological polar surface area (TPSA) is 29.4 Å². The van der Waals surface area contributed by atoms with Crippen molar-refractivity contribution in [3.63, 3.8) is 0 Å². The molecule has 0 aliphatic rings. The first kappa shape index (κ1) is 9.54. The summed E-state index contributed by atoms with van der Waals surface area (Å²) in [5, 5.41) is 0.679. The first-order valence-electron chi connectivity index (χ1n) is 3.62. The van der Waals surface area contributed by atoms with Crippen LogP contribution in [0.5, 0.6) is 0 Å². The van der Waals surface area contributed by atoms with Crippen LogP contribution in [0.25, 0.3) is 0 Å². The van der Waals surface area contributed by atoms with Crippen molar-refractivity contribution in [1.29, 1.82) is 0 Å². The third kappa shape index (κ3) is 3.57. The molecule has 64 valence electrons. The van der Waals surface area contributed by atoms with Gasteiger partial charge in [-0.1, -0.05) is 29.7 Å². The zero-order chi connectivity index (χ0) is 9.52. The van der Waals surface area contributed by atoms with Crippen molar-refractivity contribution >= 4 is 17.7 Å². The van der Waals surface area contributed by atoms with Crippen LogP contribution >= 0.6 is 11.6 Å². The third-order valence-corrected chi connectivity index (χ3v) is 1.60. The van der Waals surface area contributed by atoms with Crippen LogP contribution < -0.4 is 0 Å². The van der Waals surface area contributed by atoms with E-state index in [-0.39, 0.29) is 0 Å². The maximum absolute atomic E-state index is 9.66. The van der Waals surface area contributed by atoms with Crippen molar-refractivity contribution in [1.82, 2.24) is 0 Å². The predicted octanol–water partition coefficient (Wildman–Crippen LogP) is 2.18. The highest BCUT2D eigenvalue weighted by Gasteiger charge is 1.89. The van der Waals surface area contributed by atoms with Gasteiger partial charge in [-0.25, -0.2) is 4.79 Å². The van der Waals surface area contributed by atoms with Crippen LogP contribution in [-0.4, -0.2) is 6.08 Å². The summed E-state index contributed by atoms with van der Waals surface area (Å²) in [6.45, 7) is 0. The van der Waals surface area contributed by atoms with Gasteiger partial charge >= 0.3 is 0 Å². The molecular weight excluding hydrogens is 186 g/mol. The Bertz CT molecular complexity index is 397. The van der Waals surface area contributed by atoms with Gasteiger partial charge in [0.25, 0.3) is 0 Å². The molecule has 3 heteroatoms. The third-order valence-electron chi connectivity index (χ3n) is 1.36. The fourth-order valence-electron chi connectivity index (χ4n) is 0.851. The summed E-state index contributed by atoms with van der Waals surface area (Å²) in [6, 6.07) is 9.68. The minimum absolute atomic E-state index is 0.533. The molecule has 13 heavy (non-hydrogen) atoms. The van der Waals surface area contributed by atoms with Crippen LogP contribution in [0.2, 0.25) is 5.02 Å². The van der Waals surface area contributed by atoms with Gasteiger partial charge in [0.05, 0.1) is 0 Å². The van der Waals surface area contributed by atoms with Crippen LogP contribution in [-0.2, 0) is 11.2 Å². The van der Waals surface area contributed by atoms with E-state index in [4.69, 9.17) is 11.6 Å². The normalized spacial score (nSPS) is 8.08. The molecular formula is C10H6ClNO. The predicted molar refractivity (Wildman–Crippen MR) is 51.1 cm³/mol. The van der Waals surface area contributed by atoms with E-state index < -0.39 is 0 Å². The van der Waals surface area contributed by atoms with Crippen LogP contribution in [0.4, 0.5) is 0 Å². The summed E-state index contributed by atoms with van der Waals surface area (Å²) < 4.78 is 0. The molecule has 0 aromatic heterocycles. The molecule has 0 aliphatic heterocycles. The van der Waals surface area contributed by atoms with E-state index in [0.29, 0.717) is 11.4 Å². The Morgan fingerprint density at radius 1 is 1.46 bits per heavy atom. The number of hydrogen-bond donors (Lipinski definition) is 0. The van der Waals surface area contributed by atoms with E-state index in [1.54, 1.807) is 6.07 Å². The Hall–Kier alpha value is -1.55. The van der Waals surface area contributed by atoms with Crippen LogP contribution in [0.15, 0.2) is 29.3 Å². The Kier molecular flexibility index (Phi) is 3.78. The van der Waals surface area contributed by atoms with Crippen LogP contribution in [0.1, 0.15) is 5.56 Å². The minimum Gasteiger partial charge on any atom is -0.210 e. The lowest BCUT2D eigenvalue weighted by Gasteiger charge is -1.93. The SMILES string of the molecule is O=C=NC#CCc1cccc(Cl)c1. The van der Waals surface area contributed by atoms with Gasteiger partial charge in [0.1, 0.15) is 0 Å². The highest BCUT2D eigenvalue weighted by atomic mass is 35.5. The highest BCUT2D eigenvalue weighted by molar-refractivity contribution is 6.30. The monoisotopic (exact) mass is 191 g/mol. The number of benzene rings is 1. The van der Waals surface area contributed by atoms with Crippen molar-refractivity contribution in [2.75, 3.05) is 0 Å². The molecule has 1 rings (SSSR count). The second-order valence-electron chi connectivity index (χ2n) is 2.30. The molecule has 0 N–H and O–H groups in total. The molecule has 0 saturated heterocycles. The Balaban J connectivity index is 2.66. The average molecular weight is 192 g/mol. The number of aliphatic imine (C=N–C) groups is 1. The van der Waals surface area contributed by atoms with Gasteiger partial charge in [-0.05, 0) is 17.7 Å². The van der Waals surface area contributed by atoms with E-state index in [1.165, 1.54) is 6.08 Å². The molecule has 1 aromatic rings. The summed E-state index contributed by atoms with van der Waals surface area (Å²) in [7, 11) is 0. The first-order valence-corrected chi connectivity index (χ1v) is 4.00. The Labute approximate surface area is 81.3 Å². The standard InChI is InChI=1S/C10H6ClNO/c11-10-5-1-3-9(7-10)4-2-6-12-8-13/h1,3,5,7H,4H2. The van der Waals surface area contributed by atoms with Gasteiger partial charge in [0.2, 0.25) is 6.08 Å². The van der Waals surface area contributed by atoms with Gasteiger partial charge < -0.3 is 0 Å². The molecule has 0 amide bonds. The van der Waals surface area contributed by atoms with Crippen LogP contribution in [0.3, 0.4) is 0 Å². The zero-order valence-corrected chi connectivity index (χ0v) is 7.51. The summed E-state index contributed by atoms with van der Waals surface area (Å²) in [5.41, 5.74) is 1.00. The molecule has 2 nitrogen and oxygen atoms in total. The maximum Gasteiger partial charge on any atom is 0.249 e. The van der Waals surface area contributed by atoms with Gasteiger partial charge in [0, 0.05) is 17.5 Å². The summed E-state index contributed by atoms with van der Waals surface area (Å²) >= 11 is 5.75. The molecule has 0 radical (unpaired) electrons. The largest absolute Gasteiger partial charge is 0.249 e. The summed E-state index contributed by atoms with van der Waals surface area (Å²) in [5.74, 6) is 2.69. The van der Waals surface area contributed by atoms with E-state index in [9.17, 15) is 4.79 Å². The van der Waals surface area contributed by atoms with Gasteiger partial charge in [0.15, 0.2) is 0 Å². The minimum atomic E-state index is 0.533. The molecule has 0 unspecified atom stereocenters. The Morgan fingerprint density at radius 3 is 3.00 bits per heavy atom. The van der Waals surface area contributed by atoms with Crippen molar-refractivity contribution in [2.45, 2.75) is 6.42 Å². The molecule has 0 spiro atoms. The van der Waals surface area contributed by atoms with Gasteiger partial charge in [-0.15, -0.1) is 4.99 Å². The highest BCUT2D eigenvalue weighted by Crippen LogP contribution is 2.10. The van der Waals surface area contributed by atoms with Crippen LogP contribution in [0, 0.1) is 12.0 Å². The summed E-state index contributed by atoms with van der Waals surface area (Å²) in [6.07, 6.45) is 1.87. The van der Waals surface area contributed by atoms with E-state index in [1.807, 2.05) is 18.2 Å². The lowest BCUT2D eigenvalue weighted by Crippen LogP contribution is -1.79. The van der Waals surface area contributed by atoms with Crippen molar-refractivity contribution in [2.24, 2.45) is 4.99 Å². The van der Waals surface area contributed by atoms with Gasteiger partial charge in [-0.3, -0.25) is 0 Å². The number of halogens is 1. The lowest BCUT2D eigenvalue weighted by atomic mass is 10.2. The number of nitrogens with zero attached hydrogens (tertiary/aromatic N) is 1. The maximum atomic E-state index is 9.66. The molecule has 0 atom stereocenters. The zero-order valence-electron chi connectivity index (χ0n) is 6.75. The number of carbonyl (C=O) groups excluding carboxylic acids is 1. The van der Waals surface area contributed by atoms with E-state index in [2.05, 4.69) is 17.0 Å². The molecule has 0 aliphatic carbocycles. The second-order valence-corrected chi connectivity index (χ2v) is 2.73. The van der Waals surface area contributed by atoms with Crippen molar-refractivity contribution in [3.8, 4) is 12.0 Å². The molecule has 0 saturated carbocycles. The fraction of sp³-hybridized carbons (Fsp3) is 0.100. The van der Waals surface area contributed by atoms with Gasteiger partial charge in [-0.2, -0.15) is 0 Å². The summed E-state index contributed by atoms with van der Waals surface area (Å²) in [4.78, 5) is 12.8. The van der Waals surface area contributed by atoms with E-state index in [0.717, 1.165) is 5.56 Å². The quantitative estimate of drug-likeness (QED) is 0.380. The van der Waals surface area contributed by atoms with E-state index >= 15 is 0 Å². The van der Waals surface area contributed by atoms with Crippen molar-refractivity contribution in [3.05, 3.63) is 34.9 Å². The lowest BCUT2D eigenvalue weighted by molar-refractivity contribution is 0.565.